The van der Waals surface area contributed by atoms with Crippen LogP contribution in [0.4, 0.5) is 0 Å². The lowest BCUT2D eigenvalue weighted by atomic mass is 10.3. The second-order valence-electron chi connectivity index (χ2n) is 2.89. The summed E-state index contributed by atoms with van der Waals surface area (Å²) in [6.07, 6.45) is 0. The van der Waals surface area contributed by atoms with Gasteiger partial charge in [-0.25, -0.2) is 4.98 Å². The number of hydrogen-bond acceptors (Lipinski definition) is 5. The molecule has 2 rings (SSSR count). The van der Waals surface area contributed by atoms with Crippen LogP contribution < -0.4 is 4.74 Å². The highest BCUT2D eigenvalue weighted by Crippen LogP contribution is 2.29. The molecule has 78 valence electrons. The van der Waals surface area contributed by atoms with Gasteiger partial charge in [0.25, 0.3) is 0 Å². The van der Waals surface area contributed by atoms with E-state index in [1.54, 1.807) is 18.9 Å². The Labute approximate surface area is 96.7 Å². The number of rotatable bonds is 3. The summed E-state index contributed by atoms with van der Waals surface area (Å²) in [7, 11) is 1.66. The third-order valence-corrected chi connectivity index (χ3v) is 3.62. The Morgan fingerprint density at radius 2 is 2.00 bits per heavy atom. The summed E-state index contributed by atoms with van der Waals surface area (Å²) in [6, 6.07) is 7.91. The molecule has 0 aliphatic carbocycles. The van der Waals surface area contributed by atoms with Gasteiger partial charge in [-0.15, -0.1) is 0 Å². The predicted molar refractivity (Wildman–Crippen MR) is 61.8 cm³/mol. The minimum atomic E-state index is 0.830. The molecule has 1 heterocycles. The van der Waals surface area contributed by atoms with Crippen molar-refractivity contribution in [1.82, 2.24) is 9.36 Å². The number of hydrogen-bond donors (Lipinski definition) is 0. The van der Waals surface area contributed by atoms with Gasteiger partial charge in [0.15, 0.2) is 4.34 Å². The number of aromatic nitrogens is 2. The zero-order valence-electron chi connectivity index (χ0n) is 8.43. The summed E-state index contributed by atoms with van der Waals surface area (Å²) < 4.78 is 10.2. The van der Waals surface area contributed by atoms with Crippen molar-refractivity contribution in [3.63, 3.8) is 0 Å². The van der Waals surface area contributed by atoms with Crippen molar-refractivity contribution in [2.75, 3.05) is 7.11 Å². The van der Waals surface area contributed by atoms with Crippen molar-refractivity contribution in [3.8, 4) is 5.75 Å². The molecule has 0 saturated carbocycles. The third-order valence-electron chi connectivity index (χ3n) is 1.77. The fourth-order valence-electron chi connectivity index (χ4n) is 1.06. The lowest BCUT2D eigenvalue weighted by Crippen LogP contribution is -1.81. The summed E-state index contributed by atoms with van der Waals surface area (Å²) in [5.74, 6) is 1.70. The van der Waals surface area contributed by atoms with Crippen molar-refractivity contribution >= 4 is 23.3 Å². The molecule has 1 aromatic heterocycles. The topological polar surface area (TPSA) is 35.0 Å². The van der Waals surface area contributed by atoms with Gasteiger partial charge in [-0.2, -0.15) is 4.37 Å². The average molecular weight is 238 g/mol. The number of benzene rings is 1. The van der Waals surface area contributed by atoms with Crippen LogP contribution in [0.15, 0.2) is 33.5 Å². The molecular formula is C10H10N2OS2. The number of aryl methyl sites for hydroxylation is 1. The average Bonchev–Trinajstić information content (AvgIpc) is 2.65. The smallest absolute Gasteiger partial charge is 0.174 e. The van der Waals surface area contributed by atoms with E-state index in [1.807, 2.05) is 31.2 Å². The Balaban J connectivity index is 2.11. The van der Waals surface area contributed by atoms with Crippen molar-refractivity contribution in [2.45, 2.75) is 16.2 Å². The van der Waals surface area contributed by atoms with E-state index >= 15 is 0 Å². The number of nitrogens with zero attached hydrogens (tertiary/aromatic N) is 2. The van der Waals surface area contributed by atoms with Gasteiger partial charge in [-0.3, -0.25) is 0 Å². The minimum Gasteiger partial charge on any atom is -0.497 e. The highest BCUT2D eigenvalue weighted by atomic mass is 32.2. The highest BCUT2D eigenvalue weighted by molar-refractivity contribution is 8.01. The van der Waals surface area contributed by atoms with Crippen LogP contribution in [0.5, 0.6) is 5.75 Å². The molecular weight excluding hydrogens is 228 g/mol. The maximum Gasteiger partial charge on any atom is 0.174 e. The molecule has 1 aromatic carbocycles. The van der Waals surface area contributed by atoms with E-state index in [0.29, 0.717) is 0 Å². The standard InChI is InChI=1S/C10H10N2OS2/c1-7-11-10(15-12-7)14-9-5-3-8(13-2)4-6-9/h3-6H,1-2H3. The van der Waals surface area contributed by atoms with Gasteiger partial charge in [0.2, 0.25) is 0 Å². The monoisotopic (exact) mass is 238 g/mol. The summed E-state index contributed by atoms with van der Waals surface area (Å²) in [6.45, 7) is 1.90. The summed E-state index contributed by atoms with van der Waals surface area (Å²) in [4.78, 5) is 5.43. The first-order chi connectivity index (χ1) is 7.28. The van der Waals surface area contributed by atoms with E-state index in [2.05, 4.69) is 9.36 Å². The van der Waals surface area contributed by atoms with Crippen molar-refractivity contribution in [2.24, 2.45) is 0 Å². The molecule has 0 unspecified atom stereocenters. The van der Waals surface area contributed by atoms with Gasteiger partial charge in [0, 0.05) is 4.90 Å². The molecule has 0 aliphatic heterocycles. The van der Waals surface area contributed by atoms with Crippen LogP contribution in [0.3, 0.4) is 0 Å². The van der Waals surface area contributed by atoms with Crippen LogP contribution >= 0.6 is 23.3 Å². The van der Waals surface area contributed by atoms with Gasteiger partial charge in [0.05, 0.1) is 7.11 Å². The van der Waals surface area contributed by atoms with Crippen molar-refractivity contribution < 1.29 is 4.74 Å². The molecule has 0 fully saturated rings. The van der Waals surface area contributed by atoms with Crippen LogP contribution in [0, 0.1) is 6.92 Å². The number of ether oxygens (including phenoxy) is 1. The summed E-state index contributed by atoms with van der Waals surface area (Å²) in [5, 5.41) is 0. The molecule has 3 nitrogen and oxygen atoms in total. The first-order valence-electron chi connectivity index (χ1n) is 4.40. The summed E-state index contributed by atoms with van der Waals surface area (Å²) in [5.41, 5.74) is 0. The van der Waals surface area contributed by atoms with E-state index in [9.17, 15) is 0 Å². The van der Waals surface area contributed by atoms with Gasteiger partial charge in [-0.1, -0.05) is 11.8 Å². The zero-order valence-corrected chi connectivity index (χ0v) is 10.1. The minimum absolute atomic E-state index is 0.830. The molecule has 2 aromatic rings. The fraction of sp³-hybridized carbons (Fsp3) is 0.200. The van der Waals surface area contributed by atoms with Crippen molar-refractivity contribution in [1.29, 1.82) is 0 Å². The molecule has 0 spiro atoms. The molecule has 0 N–H and O–H groups in total. The fourth-order valence-corrected chi connectivity index (χ4v) is 2.69. The maximum atomic E-state index is 5.09. The SMILES string of the molecule is COc1ccc(Sc2nc(C)ns2)cc1. The Bertz CT molecular complexity index is 439. The van der Waals surface area contributed by atoms with Crippen LogP contribution in [0.1, 0.15) is 5.82 Å². The second kappa shape index (κ2) is 4.63. The Morgan fingerprint density at radius 1 is 1.27 bits per heavy atom. The largest absolute Gasteiger partial charge is 0.497 e. The van der Waals surface area contributed by atoms with Crippen molar-refractivity contribution in [3.05, 3.63) is 30.1 Å². The van der Waals surface area contributed by atoms with E-state index < -0.39 is 0 Å². The molecule has 5 heteroatoms. The predicted octanol–water partition coefficient (Wildman–Crippen LogP) is 3.01. The van der Waals surface area contributed by atoms with E-state index in [-0.39, 0.29) is 0 Å². The van der Waals surface area contributed by atoms with E-state index in [4.69, 9.17) is 4.74 Å². The van der Waals surface area contributed by atoms with Crippen LogP contribution in [0.2, 0.25) is 0 Å². The molecule has 0 atom stereocenters. The molecule has 0 bridgehead atoms. The molecule has 0 radical (unpaired) electrons. The van der Waals surface area contributed by atoms with Gasteiger partial charge in [0.1, 0.15) is 11.6 Å². The van der Waals surface area contributed by atoms with Gasteiger partial charge in [-0.05, 0) is 42.7 Å². The highest BCUT2D eigenvalue weighted by Gasteiger charge is 2.02. The Morgan fingerprint density at radius 3 is 2.53 bits per heavy atom. The molecule has 0 aliphatic rings. The quantitative estimate of drug-likeness (QED) is 0.823. The Kier molecular flexibility index (Phi) is 3.23. The van der Waals surface area contributed by atoms with Crippen LogP contribution in [-0.4, -0.2) is 16.5 Å². The Hall–Kier alpha value is -1.07. The summed E-state index contributed by atoms with van der Waals surface area (Å²) >= 11 is 3.04. The lowest BCUT2D eigenvalue weighted by Gasteiger charge is -2.00. The number of methoxy groups -OCH3 is 1. The second-order valence-corrected chi connectivity index (χ2v) is 4.96. The molecule has 15 heavy (non-hydrogen) atoms. The normalized spacial score (nSPS) is 10.3. The van der Waals surface area contributed by atoms with E-state index in [1.165, 1.54) is 11.5 Å². The molecule has 0 saturated heterocycles. The first kappa shape index (κ1) is 10.4. The lowest BCUT2D eigenvalue weighted by molar-refractivity contribution is 0.414. The zero-order chi connectivity index (χ0) is 10.7. The van der Waals surface area contributed by atoms with Crippen LogP contribution in [-0.2, 0) is 0 Å². The van der Waals surface area contributed by atoms with Gasteiger partial charge >= 0.3 is 0 Å². The molecule has 0 amide bonds. The maximum absolute atomic E-state index is 5.09. The first-order valence-corrected chi connectivity index (χ1v) is 5.99. The third kappa shape index (κ3) is 2.70. The van der Waals surface area contributed by atoms with Crippen LogP contribution in [0.25, 0.3) is 0 Å². The van der Waals surface area contributed by atoms with E-state index in [0.717, 1.165) is 20.8 Å². The van der Waals surface area contributed by atoms with Gasteiger partial charge < -0.3 is 4.74 Å².